The van der Waals surface area contributed by atoms with Gasteiger partial charge in [0.05, 0.1) is 6.04 Å². The number of carbonyl (C=O) groups excluding carboxylic acids is 2. The Morgan fingerprint density at radius 1 is 1.31 bits per heavy atom. The lowest BCUT2D eigenvalue weighted by atomic mass is 10.1. The predicted octanol–water partition coefficient (Wildman–Crippen LogP) is -0.829. The van der Waals surface area contributed by atoms with Crippen molar-refractivity contribution in [1.82, 2.24) is 5.32 Å². The van der Waals surface area contributed by atoms with Crippen molar-refractivity contribution in [3.8, 4) is 0 Å². The zero-order valence-electron chi connectivity index (χ0n) is 7.78. The third-order valence-corrected chi connectivity index (χ3v) is 1.56. The molecule has 0 aromatic heterocycles. The Hall–Kier alpha value is -0.940. The van der Waals surface area contributed by atoms with Crippen LogP contribution in [0.1, 0.15) is 26.7 Å². The molecule has 76 valence electrons. The van der Waals surface area contributed by atoms with Crippen LogP contribution >= 0.6 is 0 Å². The van der Waals surface area contributed by atoms with Crippen molar-refractivity contribution in [1.29, 1.82) is 0 Å². The van der Waals surface area contributed by atoms with Crippen molar-refractivity contribution in [3.05, 3.63) is 0 Å². The van der Waals surface area contributed by atoms with Crippen LogP contribution in [0.5, 0.6) is 0 Å². The summed E-state index contributed by atoms with van der Waals surface area (Å²) in [5.74, 6) is -0.391. The van der Waals surface area contributed by atoms with Crippen LogP contribution in [-0.2, 0) is 9.59 Å². The minimum atomic E-state index is -1.62. The van der Waals surface area contributed by atoms with Gasteiger partial charge in [-0.3, -0.25) is 4.79 Å². The number of carbonyl (C=O) groups is 2. The van der Waals surface area contributed by atoms with Crippen molar-refractivity contribution in [2.45, 2.75) is 39.0 Å². The molecule has 1 amide bonds. The molecule has 0 rings (SSSR count). The molecular weight excluding hydrogens is 174 g/mol. The molecule has 1 unspecified atom stereocenters. The molecule has 0 aromatic rings. The third kappa shape index (κ3) is 6.24. The van der Waals surface area contributed by atoms with Gasteiger partial charge >= 0.3 is 0 Å². The molecule has 0 saturated carbocycles. The zero-order valence-corrected chi connectivity index (χ0v) is 7.78. The van der Waals surface area contributed by atoms with Crippen LogP contribution in [0.4, 0.5) is 0 Å². The van der Waals surface area contributed by atoms with Crippen molar-refractivity contribution >= 4 is 11.7 Å². The van der Waals surface area contributed by atoms with Gasteiger partial charge in [0.2, 0.25) is 5.91 Å². The molecule has 5 heteroatoms. The molecule has 3 N–H and O–H groups in total. The van der Waals surface area contributed by atoms with Gasteiger partial charge in [-0.2, -0.15) is 0 Å². The number of ketones is 1. The number of rotatable bonds is 5. The number of Topliss-reactive ketones (excluding diaryl/α,β-unsaturated/α-hetero) is 1. The first-order valence-corrected chi connectivity index (χ1v) is 4.06. The van der Waals surface area contributed by atoms with Gasteiger partial charge < -0.3 is 20.3 Å². The van der Waals surface area contributed by atoms with E-state index < -0.39 is 12.3 Å². The van der Waals surface area contributed by atoms with Gasteiger partial charge in [-0.1, -0.05) is 0 Å². The van der Waals surface area contributed by atoms with E-state index in [4.69, 9.17) is 10.2 Å². The average molecular weight is 189 g/mol. The van der Waals surface area contributed by atoms with Gasteiger partial charge in [-0.15, -0.1) is 0 Å². The quantitative estimate of drug-likeness (QED) is 0.493. The predicted molar refractivity (Wildman–Crippen MR) is 45.7 cm³/mol. The number of amides is 1. The molecule has 13 heavy (non-hydrogen) atoms. The Bertz CT molecular complexity index is 191. The Morgan fingerprint density at radius 2 is 1.85 bits per heavy atom. The van der Waals surface area contributed by atoms with Gasteiger partial charge in [0.25, 0.3) is 0 Å². The van der Waals surface area contributed by atoms with Crippen molar-refractivity contribution in [3.63, 3.8) is 0 Å². The summed E-state index contributed by atoms with van der Waals surface area (Å²) >= 11 is 0. The van der Waals surface area contributed by atoms with Crippen LogP contribution in [0.15, 0.2) is 0 Å². The van der Waals surface area contributed by atoms with Crippen LogP contribution in [-0.4, -0.2) is 34.2 Å². The van der Waals surface area contributed by atoms with Gasteiger partial charge in [0.1, 0.15) is 5.78 Å². The third-order valence-electron chi connectivity index (χ3n) is 1.56. The minimum Gasteiger partial charge on any atom is -0.366 e. The van der Waals surface area contributed by atoms with E-state index in [1.54, 1.807) is 0 Å². The molecule has 5 nitrogen and oxygen atoms in total. The lowest BCUT2D eigenvalue weighted by Gasteiger charge is -2.18. The largest absolute Gasteiger partial charge is 0.366 e. The Balaban J connectivity index is 3.95. The second-order valence-corrected chi connectivity index (χ2v) is 2.96. The molecule has 0 saturated heterocycles. The summed E-state index contributed by atoms with van der Waals surface area (Å²) in [6.07, 6.45) is -1.15. The highest BCUT2D eigenvalue weighted by Crippen LogP contribution is 2.01. The molecule has 0 aliphatic carbocycles. The van der Waals surface area contributed by atoms with Crippen molar-refractivity contribution < 1.29 is 19.8 Å². The monoisotopic (exact) mass is 189 g/mol. The number of hydrogen-bond acceptors (Lipinski definition) is 4. The zero-order chi connectivity index (χ0) is 10.4. The van der Waals surface area contributed by atoms with Gasteiger partial charge in [-0.25, -0.2) is 0 Å². The summed E-state index contributed by atoms with van der Waals surface area (Å²) in [7, 11) is 0. The maximum atomic E-state index is 10.6. The van der Waals surface area contributed by atoms with Gasteiger partial charge in [0, 0.05) is 13.3 Å². The Labute approximate surface area is 76.8 Å². The molecule has 0 fully saturated rings. The second-order valence-electron chi connectivity index (χ2n) is 2.96. The van der Waals surface area contributed by atoms with E-state index in [0.29, 0.717) is 0 Å². The van der Waals surface area contributed by atoms with Crippen LogP contribution in [0.3, 0.4) is 0 Å². The van der Waals surface area contributed by atoms with E-state index in [-0.39, 0.29) is 24.5 Å². The number of aliphatic hydroxyl groups excluding tert-OH is 1. The maximum absolute atomic E-state index is 10.6. The first kappa shape index (κ1) is 12.1. The Kier molecular flexibility index (Phi) is 5.25. The maximum Gasteiger partial charge on any atom is 0.217 e. The summed E-state index contributed by atoms with van der Waals surface area (Å²) in [6.45, 7) is 2.69. The van der Waals surface area contributed by atoms with Crippen molar-refractivity contribution in [2.24, 2.45) is 0 Å². The van der Waals surface area contributed by atoms with Crippen LogP contribution in [0.25, 0.3) is 0 Å². The van der Waals surface area contributed by atoms with Crippen LogP contribution < -0.4 is 5.32 Å². The van der Waals surface area contributed by atoms with Gasteiger partial charge in [-0.05, 0) is 13.3 Å². The van der Waals surface area contributed by atoms with E-state index in [9.17, 15) is 9.59 Å². The fraction of sp³-hybridized carbons (Fsp3) is 0.750. The van der Waals surface area contributed by atoms with E-state index in [1.165, 1.54) is 13.8 Å². The highest BCUT2D eigenvalue weighted by atomic mass is 16.5. The molecular formula is C8H15NO4. The fourth-order valence-electron chi connectivity index (χ4n) is 0.916. The highest BCUT2D eigenvalue weighted by molar-refractivity contribution is 5.76. The summed E-state index contributed by atoms with van der Waals surface area (Å²) < 4.78 is 0. The fourth-order valence-corrected chi connectivity index (χ4v) is 0.916. The second kappa shape index (κ2) is 5.66. The lowest BCUT2D eigenvalue weighted by Crippen LogP contribution is -2.42. The molecule has 0 radical (unpaired) electrons. The molecule has 0 spiro atoms. The van der Waals surface area contributed by atoms with Crippen molar-refractivity contribution in [2.75, 3.05) is 0 Å². The Morgan fingerprint density at radius 3 is 2.15 bits per heavy atom. The molecule has 0 aliphatic heterocycles. The smallest absolute Gasteiger partial charge is 0.217 e. The van der Waals surface area contributed by atoms with E-state index in [1.807, 2.05) is 0 Å². The molecule has 1 atom stereocenters. The number of nitrogens with one attached hydrogen (secondary N) is 1. The summed E-state index contributed by atoms with van der Waals surface area (Å²) in [6, 6.07) is -0.763. The first-order chi connectivity index (χ1) is 5.93. The van der Waals surface area contributed by atoms with E-state index in [2.05, 4.69) is 5.32 Å². The molecule has 0 aromatic carbocycles. The van der Waals surface area contributed by atoms with E-state index >= 15 is 0 Å². The van der Waals surface area contributed by atoms with Crippen LogP contribution in [0.2, 0.25) is 0 Å². The van der Waals surface area contributed by atoms with Gasteiger partial charge in [0.15, 0.2) is 6.29 Å². The normalized spacial score (nSPS) is 12.7. The molecule has 0 bridgehead atoms. The molecule has 0 aliphatic rings. The minimum absolute atomic E-state index is 0.0454. The SMILES string of the molecule is CC(=O)CCC(NC(C)=O)C(O)O. The topological polar surface area (TPSA) is 86.6 Å². The molecule has 0 heterocycles. The van der Waals surface area contributed by atoms with E-state index in [0.717, 1.165) is 0 Å². The standard InChI is InChI=1S/C8H15NO4/c1-5(10)3-4-7(8(12)13)9-6(2)11/h7-8,12-13H,3-4H2,1-2H3,(H,9,11). The summed E-state index contributed by atoms with van der Waals surface area (Å²) in [5, 5.41) is 20.0. The number of aliphatic hydroxyl groups is 2. The van der Waals surface area contributed by atoms with Crippen LogP contribution in [0, 0.1) is 0 Å². The lowest BCUT2D eigenvalue weighted by molar-refractivity contribution is -0.126. The number of hydrogen-bond donors (Lipinski definition) is 3. The summed E-state index contributed by atoms with van der Waals surface area (Å²) in [4.78, 5) is 21.2. The summed E-state index contributed by atoms with van der Waals surface area (Å²) in [5.41, 5.74) is 0. The highest BCUT2D eigenvalue weighted by Gasteiger charge is 2.17. The average Bonchev–Trinajstić information content (AvgIpc) is 1.96. The first-order valence-electron chi connectivity index (χ1n) is 4.06.